The molecule has 0 aliphatic carbocycles. The van der Waals surface area contributed by atoms with Crippen LogP contribution in [0.2, 0.25) is 0 Å². The maximum Gasteiger partial charge on any atom is 0.266 e. The van der Waals surface area contributed by atoms with Crippen LogP contribution >= 0.6 is 24.0 Å². The molecule has 38 heavy (non-hydrogen) atoms. The van der Waals surface area contributed by atoms with Gasteiger partial charge in [0.1, 0.15) is 4.32 Å². The van der Waals surface area contributed by atoms with E-state index in [0.717, 1.165) is 27.9 Å². The Balaban J connectivity index is 1.46. The summed E-state index contributed by atoms with van der Waals surface area (Å²) >= 11 is 6.82. The van der Waals surface area contributed by atoms with Crippen LogP contribution in [0, 0.1) is 13.8 Å². The fourth-order valence-electron chi connectivity index (χ4n) is 4.01. The summed E-state index contributed by atoms with van der Waals surface area (Å²) in [7, 11) is 0. The number of hydrogen-bond donors (Lipinski definition) is 1. The van der Waals surface area contributed by atoms with Crippen LogP contribution in [0.3, 0.4) is 0 Å². The molecule has 1 N–H and O–H groups in total. The minimum absolute atomic E-state index is 0.127. The Morgan fingerprint density at radius 1 is 1.03 bits per heavy atom. The molecule has 3 aromatic rings. The summed E-state index contributed by atoms with van der Waals surface area (Å²) in [6.07, 6.45) is 1.80. The number of thiocarbonyl (C=S) groups is 1. The number of nitrogens with zero attached hydrogens (tertiary/aromatic N) is 1. The standard InChI is InChI=1S/C30H30N2O4S2/c1-5-35-26-16-22(12-14-25(26)36-18-28(33)31-24-13-11-19(2)20(3)15-24)17-27-29(34)32(30(37)38-27)21(4)23-9-7-6-8-10-23/h6-17,21H,5,18H2,1-4H3,(H,31,33)/b27-17-/t21-/m1/s1. The lowest BCUT2D eigenvalue weighted by Gasteiger charge is -2.23. The van der Waals surface area contributed by atoms with Gasteiger partial charge in [-0.1, -0.05) is 66.4 Å². The molecule has 0 unspecified atom stereocenters. The lowest BCUT2D eigenvalue weighted by molar-refractivity contribution is -0.123. The van der Waals surface area contributed by atoms with E-state index in [-0.39, 0.29) is 24.5 Å². The van der Waals surface area contributed by atoms with Crippen molar-refractivity contribution >= 4 is 51.9 Å². The molecule has 2 amide bonds. The zero-order valence-corrected chi connectivity index (χ0v) is 23.4. The van der Waals surface area contributed by atoms with Gasteiger partial charge in [-0.3, -0.25) is 14.5 Å². The van der Waals surface area contributed by atoms with Crippen LogP contribution < -0.4 is 14.8 Å². The van der Waals surface area contributed by atoms with Crippen LogP contribution in [0.1, 0.15) is 42.1 Å². The quantitative estimate of drug-likeness (QED) is 0.238. The van der Waals surface area contributed by atoms with Crippen molar-refractivity contribution in [3.05, 3.63) is 93.9 Å². The third-order valence-electron chi connectivity index (χ3n) is 6.21. The molecular formula is C30H30N2O4S2. The first-order chi connectivity index (χ1) is 18.3. The fourth-order valence-corrected chi connectivity index (χ4v) is 5.43. The summed E-state index contributed by atoms with van der Waals surface area (Å²) in [4.78, 5) is 27.9. The molecule has 1 aliphatic rings. The minimum atomic E-state index is -0.268. The van der Waals surface area contributed by atoms with Crippen molar-refractivity contribution in [2.75, 3.05) is 18.5 Å². The second-order valence-electron chi connectivity index (χ2n) is 8.91. The highest BCUT2D eigenvalue weighted by atomic mass is 32.2. The van der Waals surface area contributed by atoms with Crippen LogP contribution in [0.15, 0.2) is 71.6 Å². The molecule has 0 aromatic heterocycles. The summed E-state index contributed by atoms with van der Waals surface area (Å²) in [5, 5.41) is 2.85. The molecule has 3 aromatic carbocycles. The first-order valence-corrected chi connectivity index (χ1v) is 13.6. The minimum Gasteiger partial charge on any atom is -0.490 e. The average molecular weight is 547 g/mol. The Kier molecular flexibility index (Phi) is 8.86. The van der Waals surface area contributed by atoms with Crippen LogP contribution in [-0.2, 0) is 9.59 Å². The van der Waals surface area contributed by atoms with Crippen LogP contribution in [0.4, 0.5) is 5.69 Å². The predicted molar refractivity (Wildman–Crippen MR) is 158 cm³/mol. The Bertz CT molecular complexity index is 1390. The second-order valence-corrected chi connectivity index (χ2v) is 10.6. The largest absolute Gasteiger partial charge is 0.490 e. The highest BCUT2D eigenvalue weighted by Gasteiger charge is 2.35. The van der Waals surface area contributed by atoms with Crippen LogP contribution in [-0.4, -0.2) is 34.2 Å². The number of anilines is 1. The zero-order valence-electron chi connectivity index (χ0n) is 21.8. The van der Waals surface area contributed by atoms with Gasteiger partial charge in [0.2, 0.25) is 0 Å². The van der Waals surface area contributed by atoms with Crippen LogP contribution in [0.25, 0.3) is 6.08 Å². The van der Waals surface area contributed by atoms with E-state index in [2.05, 4.69) is 5.32 Å². The third kappa shape index (κ3) is 6.44. The number of benzene rings is 3. The van der Waals surface area contributed by atoms with Crippen molar-refractivity contribution in [2.24, 2.45) is 0 Å². The zero-order chi connectivity index (χ0) is 27.2. The van der Waals surface area contributed by atoms with Crippen molar-refractivity contribution < 1.29 is 19.1 Å². The van der Waals surface area contributed by atoms with E-state index in [0.29, 0.717) is 27.3 Å². The van der Waals surface area contributed by atoms with Crippen molar-refractivity contribution in [2.45, 2.75) is 33.7 Å². The number of carbonyl (C=O) groups excluding carboxylic acids is 2. The summed E-state index contributed by atoms with van der Waals surface area (Å²) in [5.74, 6) is 0.548. The molecule has 6 nitrogen and oxygen atoms in total. The molecule has 0 spiro atoms. The monoisotopic (exact) mass is 546 g/mol. The van der Waals surface area contributed by atoms with Crippen LogP contribution in [0.5, 0.6) is 11.5 Å². The number of hydrogen-bond acceptors (Lipinski definition) is 6. The van der Waals surface area contributed by atoms with Gasteiger partial charge in [0.05, 0.1) is 17.6 Å². The number of carbonyl (C=O) groups is 2. The van der Waals surface area contributed by atoms with Gasteiger partial charge in [0, 0.05) is 5.69 Å². The fraction of sp³-hybridized carbons (Fsp3) is 0.233. The molecule has 8 heteroatoms. The number of thioether (sulfide) groups is 1. The van der Waals surface area contributed by atoms with E-state index in [1.54, 1.807) is 23.1 Å². The first kappa shape index (κ1) is 27.4. The maximum atomic E-state index is 13.2. The second kappa shape index (κ2) is 12.3. The Hall–Kier alpha value is -3.62. The van der Waals surface area contributed by atoms with Gasteiger partial charge >= 0.3 is 0 Å². The molecule has 1 atom stereocenters. The number of rotatable bonds is 9. The van der Waals surface area contributed by atoms with Gasteiger partial charge in [-0.15, -0.1) is 0 Å². The predicted octanol–water partition coefficient (Wildman–Crippen LogP) is 6.68. The molecule has 1 fully saturated rings. The van der Waals surface area contributed by atoms with E-state index < -0.39 is 0 Å². The maximum absolute atomic E-state index is 13.2. The van der Waals surface area contributed by atoms with E-state index in [1.165, 1.54) is 11.8 Å². The molecular weight excluding hydrogens is 516 g/mol. The van der Waals surface area contributed by atoms with Crippen molar-refractivity contribution in [1.29, 1.82) is 0 Å². The Morgan fingerprint density at radius 2 is 1.79 bits per heavy atom. The van der Waals surface area contributed by atoms with Gasteiger partial charge in [-0.2, -0.15) is 0 Å². The Labute approximate surface area is 233 Å². The molecule has 1 heterocycles. The molecule has 1 aliphatic heterocycles. The average Bonchev–Trinajstić information content (AvgIpc) is 3.18. The lowest BCUT2D eigenvalue weighted by Crippen LogP contribution is -2.30. The Morgan fingerprint density at radius 3 is 2.50 bits per heavy atom. The highest BCUT2D eigenvalue weighted by molar-refractivity contribution is 8.26. The summed E-state index contributed by atoms with van der Waals surface area (Å²) in [5.41, 5.74) is 4.78. The summed E-state index contributed by atoms with van der Waals surface area (Å²) < 4.78 is 12.1. The first-order valence-electron chi connectivity index (χ1n) is 12.4. The van der Waals surface area contributed by atoms with Gasteiger partial charge in [0.15, 0.2) is 18.1 Å². The normalized spacial score (nSPS) is 15.1. The van der Waals surface area contributed by atoms with Crippen molar-refractivity contribution in [1.82, 2.24) is 4.90 Å². The van der Waals surface area contributed by atoms with Gasteiger partial charge in [-0.25, -0.2) is 0 Å². The summed E-state index contributed by atoms with van der Waals surface area (Å²) in [6, 6.07) is 20.8. The topological polar surface area (TPSA) is 67.9 Å². The van der Waals surface area contributed by atoms with Crippen molar-refractivity contribution in [3.8, 4) is 11.5 Å². The molecule has 4 rings (SSSR count). The van der Waals surface area contributed by atoms with Gasteiger partial charge < -0.3 is 14.8 Å². The molecule has 0 radical (unpaired) electrons. The van der Waals surface area contributed by atoms with Crippen molar-refractivity contribution in [3.63, 3.8) is 0 Å². The lowest BCUT2D eigenvalue weighted by atomic mass is 10.1. The smallest absolute Gasteiger partial charge is 0.266 e. The van der Waals surface area contributed by atoms with E-state index >= 15 is 0 Å². The van der Waals surface area contributed by atoms with E-state index in [9.17, 15) is 9.59 Å². The van der Waals surface area contributed by atoms with Gasteiger partial charge in [0.25, 0.3) is 11.8 Å². The highest BCUT2D eigenvalue weighted by Crippen LogP contribution is 2.39. The third-order valence-corrected chi connectivity index (χ3v) is 7.54. The SMILES string of the molecule is CCOc1cc(/C=C2\SC(=S)N([C@H](C)c3ccccc3)C2=O)ccc1OCC(=O)Nc1ccc(C)c(C)c1. The number of aryl methyl sites for hydroxylation is 2. The number of ether oxygens (including phenoxy) is 2. The van der Waals surface area contributed by atoms with E-state index in [4.69, 9.17) is 21.7 Å². The molecule has 0 bridgehead atoms. The van der Waals surface area contributed by atoms with E-state index in [1.807, 2.05) is 82.3 Å². The molecule has 196 valence electrons. The molecule has 1 saturated heterocycles. The number of amides is 2. The summed E-state index contributed by atoms with van der Waals surface area (Å²) in [6.45, 7) is 8.13. The van der Waals surface area contributed by atoms with Gasteiger partial charge in [-0.05, 0) is 80.3 Å². The molecule has 0 saturated carbocycles. The number of nitrogens with one attached hydrogen (secondary N) is 1.